The second-order valence-electron chi connectivity index (χ2n) is 6.32. The van der Waals surface area contributed by atoms with Crippen LogP contribution in [0.4, 0.5) is 0 Å². The molecule has 0 aliphatic carbocycles. The number of likely N-dealkylation sites (N-methyl/N-ethyl adjacent to an activating group) is 1. The first kappa shape index (κ1) is 20.0. The predicted octanol–water partition coefficient (Wildman–Crippen LogP) is 1.61. The van der Waals surface area contributed by atoms with E-state index in [9.17, 15) is 5.11 Å². The minimum atomic E-state index is -0.516. The Morgan fingerprint density at radius 2 is 1.92 bits per heavy atom. The van der Waals surface area contributed by atoms with Gasteiger partial charge in [-0.25, -0.2) is 0 Å². The lowest BCUT2D eigenvalue weighted by atomic mass is 10.2. The number of hydrogen-bond donors (Lipinski definition) is 1. The van der Waals surface area contributed by atoms with E-state index in [1.54, 1.807) is 7.11 Å². The van der Waals surface area contributed by atoms with Gasteiger partial charge in [-0.15, -0.1) is 0 Å². The fourth-order valence-corrected chi connectivity index (χ4v) is 2.97. The van der Waals surface area contributed by atoms with E-state index in [1.807, 2.05) is 12.1 Å². The number of ether oxygens (including phenoxy) is 3. The predicted molar refractivity (Wildman–Crippen MR) is 98.4 cm³/mol. The van der Waals surface area contributed by atoms with Gasteiger partial charge in [-0.2, -0.15) is 0 Å². The maximum absolute atomic E-state index is 10.2. The van der Waals surface area contributed by atoms with Crippen molar-refractivity contribution in [2.24, 2.45) is 0 Å². The van der Waals surface area contributed by atoms with Gasteiger partial charge in [0.1, 0.15) is 12.7 Å². The molecule has 142 valence electrons. The van der Waals surface area contributed by atoms with Gasteiger partial charge < -0.3 is 24.2 Å². The van der Waals surface area contributed by atoms with Crippen molar-refractivity contribution in [3.05, 3.63) is 23.8 Å². The van der Waals surface area contributed by atoms with Crippen LogP contribution in [-0.2, 0) is 11.3 Å². The highest BCUT2D eigenvalue weighted by molar-refractivity contribution is 5.43. The van der Waals surface area contributed by atoms with Crippen LogP contribution in [0.15, 0.2) is 18.2 Å². The van der Waals surface area contributed by atoms with Gasteiger partial charge in [0.05, 0.1) is 20.3 Å². The Morgan fingerprint density at radius 1 is 1.20 bits per heavy atom. The third-order valence-electron chi connectivity index (χ3n) is 4.53. The van der Waals surface area contributed by atoms with Crippen molar-refractivity contribution in [2.45, 2.75) is 26.5 Å². The van der Waals surface area contributed by atoms with Crippen molar-refractivity contribution >= 4 is 0 Å². The van der Waals surface area contributed by atoms with Gasteiger partial charge in [0.2, 0.25) is 0 Å². The molecule has 1 aliphatic rings. The molecule has 0 aromatic heterocycles. The zero-order valence-electron chi connectivity index (χ0n) is 15.7. The summed E-state index contributed by atoms with van der Waals surface area (Å²) < 4.78 is 16.6. The quantitative estimate of drug-likeness (QED) is 0.690. The Balaban J connectivity index is 1.89. The number of hydrogen-bond acceptors (Lipinski definition) is 6. The van der Waals surface area contributed by atoms with Crippen molar-refractivity contribution in [3.8, 4) is 11.5 Å². The SMILES string of the molecule is CCN(CC)C[C@@H](O)COc1ccc(CN2CCOCC2)cc1OC. The number of methoxy groups -OCH3 is 1. The molecular weight excluding hydrogens is 320 g/mol. The molecule has 0 radical (unpaired) electrons. The van der Waals surface area contributed by atoms with E-state index in [4.69, 9.17) is 14.2 Å². The summed E-state index contributed by atoms with van der Waals surface area (Å²) in [7, 11) is 1.65. The molecule has 1 atom stereocenters. The van der Waals surface area contributed by atoms with Gasteiger partial charge in [0, 0.05) is 26.2 Å². The maximum Gasteiger partial charge on any atom is 0.161 e. The average Bonchev–Trinajstić information content (AvgIpc) is 2.65. The lowest BCUT2D eigenvalue weighted by molar-refractivity contribution is 0.0341. The molecule has 0 spiro atoms. The Bertz CT molecular complexity index is 502. The standard InChI is InChI=1S/C19H32N2O4/c1-4-20(5-2)14-17(22)15-25-18-7-6-16(12-19(18)23-3)13-21-8-10-24-11-9-21/h6-7,12,17,22H,4-5,8-11,13-15H2,1-3H3/t17-/m1/s1. The maximum atomic E-state index is 10.2. The first-order valence-corrected chi connectivity index (χ1v) is 9.16. The van der Waals surface area contributed by atoms with E-state index >= 15 is 0 Å². The van der Waals surface area contributed by atoms with Crippen LogP contribution >= 0.6 is 0 Å². The van der Waals surface area contributed by atoms with E-state index in [0.29, 0.717) is 18.0 Å². The Kier molecular flexibility index (Phi) is 8.48. The number of morpholine rings is 1. The van der Waals surface area contributed by atoms with Crippen molar-refractivity contribution in [1.82, 2.24) is 9.80 Å². The summed E-state index contributed by atoms with van der Waals surface area (Å²) in [4.78, 5) is 4.54. The fourth-order valence-electron chi connectivity index (χ4n) is 2.97. The normalized spacial score (nSPS) is 16.8. The van der Waals surface area contributed by atoms with Crippen LogP contribution in [0, 0.1) is 0 Å². The first-order chi connectivity index (χ1) is 12.2. The average molecular weight is 352 g/mol. The molecule has 1 saturated heterocycles. The van der Waals surface area contributed by atoms with E-state index in [1.165, 1.54) is 5.56 Å². The zero-order chi connectivity index (χ0) is 18.1. The Morgan fingerprint density at radius 3 is 2.56 bits per heavy atom. The molecule has 0 unspecified atom stereocenters. The van der Waals surface area contributed by atoms with Crippen molar-refractivity contribution in [2.75, 3.05) is 59.7 Å². The summed E-state index contributed by atoms with van der Waals surface area (Å²) in [6, 6.07) is 6.00. The summed E-state index contributed by atoms with van der Waals surface area (Å²) in [5.41, 5.74) is 1.19. The number of rotatable bonds is 10. The van der Waals surface area contributed by atoms with Crippen LogP contribution in [0.1, 0.15) is 19.4 Å². The monoisotopic (exact) mass is 352 g/mol. The Hall–Kier alpha value is -1.34. The molecule has 0 saturated carbocycles. The van der Waals surface area contributed by atoms with E-state index in [2.05, 4.69) is 29.7 Å². The van der Waals surface area contributed by atoms with Gasteiger partial charge in [-0.05, 0) is 30.8 Å². The summed E-state index contributed by atoms with van der Waals surface area (Å²) in [6.45, 7) is 11.3. The van der Waals surface area contributed by atoms with Crippen molar-refractivity contribution in [3.63, 3.8) is 0 Å². The number of nitrogens with zero attached hydrogens (tertiary/aromatic N) is 2. The molecule has 1 N–H and O–H groups in total. The molecule has 1 aromatic carbocycles. The van der Waals surface area contributed by atoms with Crippen LogP contribution in [0.5, 0.6) is 11.5 Å². The summed E-state index contributed by atoms with van der Waals surface area (Å²) >= 11 is 0. The third-order valence-corrected chi connectivity index (χ3v) is 4.53. The van der Waals surface area contributed by atoms with Crippen LogP contribution < -0.4 is 9.47 Å². The van der Waals surface area contributed by atoms with Crippen LogP contribution in [0.3, 0.4) is 0 Å². The van der Waals surface area contributed by atoms with Gasteiger partial charge in [0.15, 0.2) is 11.5 Å². The van der Waals surface area contributed by atoms with E-state index in [0.717, 1.165) is 45.9 Å². The lowest BCUT2D eigenvalue weighted by Gasteiger charge is -2.27. The Labute approximate surface area is 151 Å². The molecule has 1 heterocycles. The minimum Gasteiger partial charge on any atom is -0.493 e. The zero-order valence-corrected chi connectivity index (χ0v) is 15.7. The second-order valence-corrected chi connectivity index (χ2v) is 6.32. The lowest BCUT2D eigenvalue weighted by Crippen LogP contribution is -2.35. The molecule has 1 fully saturated rings. The number of aliphatic hydroxyl groups is 1. The molecule has 2 rings (SSSR count). The highest BCUT2D eigenvalue weighted by Gasteiger charge is 2.14. The highest BCUT2D eigenvalue weighted by atomic mass is 16.5. The summed E-state index contributed by atoms with van der Waals surface area (Å²) in [6.07, 6.45) is -0.516. The fraction of sp³-hybridized carbons (Fsp3) is 0.684. The summed E-state index contributed by atoms with van der Waals surface area (Å²) in [5, 5.41) is 10.2. The first-order valence-electron chi connectivity index (χ1n) is 9.16. The molecule has 6 nitrogen and oxygen atoms in total. The molecule has 25 heavy (non-hydrogen) atoms. The van der Waals surface area contributed by atoms with E-state index in [-0.39, 0.29) is 6.61 Å². The van der Waals surface area contributed by atoms with Gasteiger partial charge >= 0.3 is 0 Å². The molecular formula is C19H32N2O4. The second kappa shape index (κ2) is 10.6. The van der Waals surface area contributed by atoms with Gasteiger partial charge in [0.25, 0.3) is 0 Å². The molecule has 1 aliphatic heterocycles. The van der Waals surface area contributed by atoms with Crippen LogP contribution in [0.25, 0.3) is 0 Å². The van der Waals surface area contributed by atoms with E-state index < -0.39 is 6.10 Å². The number of benzene rings is 1. The van der Waals surface area contributed by atoms with Crippen LogP contribution in [-0.4, -0.2) is 80.7 Å². The van der Waals surface area contributed by atoms with Gasteiger partial charge in [-0.1, -0.05) is 19.9 Å². The van der Waals surface area contributed by atoms with Crippen LogP contribution in [0.2, 0.25) is 0 Å². The van der Waals surface area contributed by atoms with Crippen molar-refractivity contribution < 1.29 is 19.3 Å². The van der Waals surface area contributed by atoms with Gasteiger partial charge in [-0.3, -0.25) is 4.90 Å². The number of aliphatic hydroxyl groups excluding tert-OH is 1. The largest absolute Gasteiger partial charge is 0.493 e. The van der Waals surface area contributed by atoms with Crippen molar-refractivity contribution in [1.29, 1.82) is 0 Å². The molecule has 6 heteroatoms. The summed E-state index contributed by atoms with van der Waals surface area (Å²) in [5.74, 6) is 1.38. The third kappa shape index (κ3) is 6.47. The smallest absolute Gasteiger partial charge is 0.161 e. The molecule has 0 bridgehead atoms. The molecule has 0 amide bonds. The minimum absolute atomic E-state index is 0.260. The topological polar surface area (TPSA) is 54.4 Å². The molecule has 1 aromatic rings. The highest BCUT2D eigenvalue weighted by Crippen LogP contribution is 2.28.